The number of hydrogen-bond donors (Lipinski definition) is 3. The molecule has 0 saturated carbocycles. The molecular formula is C28H29F2NO4. The van der Waals surface area contributed by atoms with E-state index in [1.807, 2.05) is 0 Å². The van der Waals surface area contributed by atoms with Crippen LogP contribution in [0.15, 0.2) is 72.8 Å². The quantitative estimate of drug-likeness (QED) is 0.102. The molecular weight excluding hydrogens is 452 g/mol. The fraction of sp³-hybridized carbons (Fsp3) is 0.286. The van der Waals surface area contributed by atoms with Crippen LogP contribution in [0.2, 0.25) is 0 Å². The third kappa shape index (κ3) is 6.81. The van der Waals surface area contributed by atoms with Crippen LogP contribution in [0.4, 0.5) is 8.78 Å². The Labute approximate surface area is 203 Å². The van der Waals surface area contributed by atoms with E-state index in [9.17, 15) is 23.5 Å². The highest BCUT2D eigenvalue weighted by atomic mass is 19.1. The third-order valence-corrected chi connectivity index (χ3v) is 6.04. The normalized spacial score (nSPS) is 11.3. The molecule has 0 spiro atoms. The van der Waals surface area contributed by atoms with Crippen LogP contribution < -0.4 is 5.48 Å². The summed E-state index contributed by atoms with van der Waals surface area (Å²) >= 11 is 0. The van der Waals surface area contributed by atoms with Gasteiger partial charge in [0.15, 0.2) is 5.78 Å². The Morgan fingerprint density at radius 1 is 0.714 bits per heavy atom. The Kier molecular flexibility index (Phi) is 9.23. The molecule has 184 valence electrons. The zero-order valence-corrected chi connectivity index (χ0v) is 19.3. The van der Waals surface area contributed by atoms with E-state index in [0.717, 1.165) is 19.3 Å². The molecule has 0 aliphatic rings. The Balaban J connectivity index is 1.69. The number of carbonyl (C=O) groups is 2. The number of hydroxylamine groups is 1. The minimum atomic E-state index is -1.81. The summed E-state index contributed by atoms with van der Waals surface area (Å²) in [5.41, 5.74) is 1.18. The van der Waals surface area contributed by atoms with E-state index in [4.69, 9.17) is 5.21 Å². The van der Waals surface area contributed by atoms with Crippen LogP contribution >= 0.6 is 0 Å². The second kappa shape index (κ2) is 12.3. The average molecular weight is 482 g/mol. The van der Waals surface area contributed by atoms with Gasteiger partial charge in [0, 0.05) is 18.4 Å². The predicted molar refractivity (Wildman–Crippen MR) is 128 cm³/mol. The third-order valence-electron chi connectivity index (χ3n) is 6.04. The fourth-order valence-corrected chi connectivity index (χ4v) is 4.13. The van der Waals surface area contributed by atoms with Crippen molar-refractivity contribution < 1.29 is 28.7 Å². The highest BCUT2D eigenvalue weighted by Crippen LogP contribution is 2.37. The smallest absolute Gasteiger partial charge is 0.243 e. The molecule has 0 atom stereocenters. The average Bonchev–Trinajstić information content (AvgIpc) is 2.87. The number of halogens is 2. The van der Waals surface area contributed by atoms with Crippen molar-refractivity contribution >= 4 is 11.7 Å². The Morgan fingerprint density at radius 2 is 1.23 bits per heavy atom. The summed E-state index contributed by atoms with van der Waals surface area (Å²) in [4.78, 5) is 23.6. The van der Waals surface area contributed by atoms with Crippen LogP contribution in [0, 0.1) is 11.6 Å². The first-order valence-corrected chi connectivity index (χ1v) is 11.7. The molecule has 0 saturated heterocycles. The number of unbranched alkanes of at least 4 members (excludes halogenated alkanes) is 4. The van der Waals surface area contributed by atoms with E-state index < -0.39 is 23.1 Å². The molecule has 1 amide bonds. The highest BCUT2D eigenvalue weighted by Gasteiger charge is 2.34. The summed E-state index contributed by atoms with van der Waals surface area (Å²) in [6.07, 6.45) is 4.62. The van der Waals surface area contributed by atoms with Gasteiger partial charge in [-0.15, -0.1) is 0 Å². The number of amides is 1. The molecule has 0 radical (unpaired) electrons. The molecule has 3 rings (SSSR count). The van der Waals surface area contributed by atoms with Gasteiger partial charge in [0.25, 0.3) is 0 Å². The molecule has 3 aromatic rings. The van der Waals surface area contributed by atoms with Gasteiger partial charge >= 0.3 is 0 Å². The number of hydrogen-bond acceptors (Lipinski definition) is 4. The van der Waals surface area contributed by atoms with Gasteiger partial charge < -0.3 is 5.11 Å². The maximum atomic E-state index is 14.0. The van der Waals surface area contributed by atoms with Crippen molar-refractivity contribution in [2.24, 2.45) is 0 Å². The van der Waals surface area contributed by atoms with Gasteiger partial charge in [-0.3, -0.25) is 14.8 Å². The van der Waals surface area contributed by atoms with E-state index >= 15 is 0 Å². The largest absolute Gasteiger partial charge is 0.376 e. The molecule has 35 heavy (non-hydrogen) atoms. The second-order valence-electron chi connectivity index (χ2n) is 8.53. The minimum absolute atomic E-state index is 0.0312. The topological polar surface area (TPSA) is 86.6 Å². The van der Waals surface area contributed by atoms with Gasteiger partial charge in [-0.1, -0.05) is 67.8 Å². The van der Waals surface area contributed by atoms with E-state index in [-0.39, 0.29) is 23.3 Å². The first kappa shape index (κ1) is 26.2. The molecule has 0 aliphatic carbocycles. The van der Waals surface area contributed by atoms with Gasteiger partial charge in [0.2, 0.25) is 5.91 Å². The Morgan fingerprint density at radius 3 is 1.74 bits per heavy atom. The molecule has 7 heteroatoms. The van der Waals surface area contributed by atoms with E-state index in [1.54, 1.807) is 41.9 Å². The molecule has 3 N–H and O–H groups in total. The van der Waals surface area contributed by atoms with Crippen LogP contribution in [0.25, 0.3) is 0 Å². The monoisotopic (exact) mass is 481 g/mol. The lowest BCUT2D eigenvalue weighted by molar-refractivity contribution is -0.129. The van der Waals surface area contributed by atoms with Crippen LogP contribution in [0.1, 0.15) is 72.0 Å². The van der Waals surface area contributed by atoms with Gasteiger partial charge in [-0.2, -0.15) is 0 Å². The van der Waals surface area contributed by atoms with Crippen LogP contribution in [0.5, 0.6) is 0 Å². The number of ketones is 1. The van der Waals surface area contributed by atoms with Crippen molar-refractivity contribution in [3.05, 3.63) is 107 Å². The van der Waals surface area contributed by atoms with Crippen molar-refractivity contribution in [1.29, 1.82) is 0 Å². The van der Waals surface area contributed by atoms with Crippen molar-refractivity contribution in [2.75, 3.05) is 0 Å². The first-order chi connectivity index (χ1) is 16.8. The van der Waals surface area contributed by atoms with Crippen LogP contribution in [-0.2, 0) is 10.4 Å². The number of carbonyl (C=O) groups excluding carboxylic acids is 2. The standard InChI is InChI=1S/C28H29F2NO4/c29-24-10-6-8-22(18-24)28(34,23-9-7-11-25(30)19-23)21-16-14-20(15-17-21)26(32)12-4-2-1-3-5-13-27(33)31-35/h6-11,14-19,34-35H,1-5,12-13H2,(H,31,33). The molecule has 0 heterocycles. The second-order valence-corrected chi connectivity index (χ2v) is 8.53. The lowest BCUT2D eigenvalue weighted by Gasteiger charge is -2.30. The van der Waals surface area contributed by atoms with Crippen molar-refractivity contribution in [3.8, 4) is 0 Å². The number of aliphatic hydroxyl groups is 1. The maximum Gasteiger partial charge on any atom is 0.243 e. The molecule has 0 bridgehead atoms. The first-order valence-electron chi connectivity index (χ1n) is 11.7. The highest BCUT2D eigenvalue weighted by molar-refractivity contribution is 5.96. The summed E-state index contributed by atoms with van der Waals surface area (Å²) in [6.45, 7) is 0. The van der Waals surface area contributed by atoms with E-state index in [0.29, 0.717) is 30.4 Å². The summed E-state index contributed by atoms with van der Waals surface area (Å²) in [7, 11) is 0. The van der Waals surface area contributed by atoms with Gasteiger partial charge in [0.05, 0.1) is 0 Å². The predicted octanol–water partition coefficient (Wildman–Crippen LogP) is 5.67. The zero-order valence-electron chi connectivity index (χ0n) is 19.3. The zero-order chi connectivity index (χ0) is 25.3. The Hall–Kier alpha value is -3.42. The molecule has 0 aromatic heterocycles. The minimum Gasteiger partial charge on any atom is -0.376 e. The van der Waals surface area contributed by atoms with Crippen molar-refractivity contribution in [2.45, 2.75) is 50.5 Å². The fourth-order valence-electron chi connectivity index (χ4n) is 4.13. The number of Topliss-reactive ketones (excluding diaryl/α,β-unsaturated/α-hetero) is 1. The lowest BCUT2D eigenvalue weighted by atomic mass is 9.80. The van der Waals surface area contributed by atoms with E-state index in [2.05, 4.69) is 0 Å². The molecule has 3 aromatic carbocycles. The summed E-state index contributed by atoms with van der Waals surface area (Å²) in [5.74, 6) is -1.48. The summed E-state index contributed by atoms with van der Waals surface area (Å²) < 4.78 is 28.0. The Bertz CT molecular complexity index is 1100. The molecule has 5 nitrogen and oxygen atoms in total. The SMILES string of the molecule is O=C(CCCCCCCC(=O)c1ccc(C(O)(c2cccc(F)c2)c2cccc(F)c2)cc1)NO. The van der Waals surface area contributed by atoms with Gasteiger partial charge in [0.1, 0.15) is 17.2 Å². The number of benzene rings is 3. The maximum absolute atomic E-state index is 14.0. The van der Waals surface area contributed by atoms with Crippen LogP contribution in [-0.4, -0.2) is 22.0 Å². The summed E-state index contributed by atoms with van der Waals surface area (Å²) in [6, 6.07) is 17.5. The molecule has 0 unspecified atom stereocenters. The summed E-state index contributed by atoms with van der Waals surface area (Å²) in [5, 5.41) is 20.2. The van der Waals surface area contributed by atoms with E-state index in [1.165, 1.54) is 36.4 Å². The van der Waals surface area contributed by atoms with Crippen molar-refractivity contribution in [1.82, 2.24) is 5.48 Å². The molecule has 0 aliphatic heterocycles. The van der Waals surface area contributed by atoms with Crippen molar-refractivity contribution in [3.63, 3.8) is 0 Å². The lowest BCUT2D eigenvalue weighted by Crippen LogP contribution is -2.29. The van der Waals surface area contributed by atoms with Gasteiger partial charge in [-0.25, -0.2) is 14.3 Å². The number of nitrogens with one attached hydrogen (secondary N) is 1. The number of rotatable bonds is 12. The van der Waals surface area contributed by atoms with Crippen LogP contribution in [0.3, 0.4) is 0 Å². The molecule has 0 fully saturated rings. The van der Waals surface area contributed by atoms with Gasteiger partial charge in [-0.05, 0) is 53.8 Å².